The van der Waals surface area contributed by atoms with Crippen molar-refractivity contribution < 1.29 is 39.0 Å². The fourth-order valence-corrected chi connectivity index (χ4v) is 6.75. The highest BCUT2D eigenvalue weighted by molar-refractivity contribution is 6.34. The molecular formula is C27H33ClN4O8. The fourth-order valence-electron chi connectivity index (χ4n) is 6.46. The summed E-state index contributed by atoms with van der Waals surface area (Å²) in [5.41, 5.74) is 7.49. The van der Waals surface area contributed by atoms with Crippen molar-refractivity contribution in [2.75, 3.05) is 21.1 Å². The monoisotopic (exact) mass is 576 g/mol. The summed E-state index contributed by atoms with van der Waals surface area (Å²) in [4.78, 5) is 81.1. The van der Waals surface area contributed by atoms with Crippen molar-refractivity contribution in [1.82, 2.24) is 9.80 Å². The molecule has 4 rings (SSSR count). The van der Waals surface area contributed by atoms with Crippen molar-refractivity contribution >= 4 is 46.5 Å². The van der Waals surface area contributed by atoms with Crippen LogP contribution in [0.4, 0.5) is 0 Å². The Hall–Kier alpha value is -3.19. The van der Waals surface area contributed by atoms with Gasteiger partial charge in [-0.1, -0.05) is 11.6 Å². The van der Waals surface area contributed by atoms with E-state index in [9.17, 15) is 39.0 Å². The number of aliphatic hydroxyl groups is 1. The van der Waals surface area contributed by atoms with Crippen molar-refractivity contribution in [3.63, 3.8) is 0 Å². The number of rotatable bonds is 6. The molecule has 2 saturated carbocycles. The van der Waals surface area contributed by atoms with E-state index in [0.29, 0.717) is 5.56 Å². The molecule has 6 N–H and O–H groups in total. The molecule has 0 spiro atoms. The molecule has 13 heteroatoms. The van der Waals surface area contributed by atoms with Crippen LogP contribution in [0.15, 0.2) is 6.07 Å². The molecule has 0 radical (unpaired) electrons. The number of ketones is 4. The van der Waals surface area contributed by atoms with Crippen LogP contribution in [0.3, 0.4) is 0 Å². The first kappa shape index (κ1) is 29.8. The summed E-state index contributed by atoms with van der Waals surface area (Å²) >= 11 is 6.74. The van der Waals surface area contributed by atoms with Gasteiger partial charge in [0.2, 0.25) is 11.8 Å². The molecule has 1 aromatic rings. The van der Waals surface area contributed by atoms with Crippen molar-refractivity contribution in [2.24, 2.45) is 35.1 Å². The van der Waals surface area contributed by atoms with E-state index < -0.39 is 81.6 Å². The van der Waals surface area contributed by atoms with Crippen LogP contribution < -0.4 is 11.5 Å². The third-order valence-electron chi connectivity index (χ3n) is 9.03. The number of carbonyl (C=O) groups is 6. The fraction of sp³-hybridized carbons (Fsp3) is 0.556. The van der Waals surface area contributed by atoms with Gasteiger partial charge in [0.1, 0.15) is 5.75 Å². The van der Waals surface area contributed by atoms with Gasteiger partial charge >= 0.3 is 0 Å². The number of carbonyl (C=O) groups excluding carboxylic acids is 6. The van der Waals surface area contributed by atoms with Crippen LogP contribution in [-0.2, 0) is 36.9 Å². The van der Waals surface area contributed by atoms with Crippen LogP contribution in [0.5, 0.6) is 5.75 Å². The van der Waals surface area contributed by atoms with E-state index >= 15 is 0 Å². The van der Waals surface area contributed by atoms with Gasteiger partial charge in [0.25, 0.3) is 0 Å². The summed E-state index contributed by atoms with van der Waals surface area (Å²) in [5.74, 6) is -11.9. The number of phenolic OH excluding ortho intramolecular Hbond substituents is 1. The van der Waals surface area contributed by atoms with E-state index in [2.05, 4.69) is 0 Å². The first-order chi connectivity index (χ1) is 18.4. The predicted molar refractivity (Wildman–Crippen MR) is 141 cm³/mol. The van der Waals surface area contributed by atoms with Gasteiger partial charge in [0.05, 0.1) is 23.1 Å². The number of hydrogen-bond acceptors (Lipinski definition) is 10. The Morgan fingerprint density at radius 3 is 2.25 bits per heavy atom. The van der Waals surface area contributed by atoms with E-state index in [1.807, 2.05) is 0 Å². The number of nitrogens with two attached hydrogens (primary N) is 2. The second-order valence-electron chi connectivity index (χ2n) is 11.8. The number of Topliss-reactive ketones (excluding diaryl/α,β-unsaturated/α-hetero) is 4. The van der Waals surface area contributed by atoms with E-state index in [4.69, 9.17) is 23.1 Å². The Morgan fingerprint density at radius 1 is 1.12 bits per heavy atom. The molecule has 0 aromatic heterocycles. The molecule has 3 unspecified atom stereocenters. The lowest BCUT2D eigenvalue weighted by Crippen LogP contribution is -2.74. The number of halogens is 1. The highest BCUT2D eigenvalue weighted by Gasteiger charge is 2.69. The molecule has 2 amide bonds. The Bertz CT molecular complexity index is 1370. The third kappa shape index (κ3) is 4.08. The van der Waals surface area contributed by atoms with Crippen molar-refractivity contribution in [3.8, 4) is 5.75 Å². The second kappa shape index (κ2) is 9.72. The minimum Gasteiger partial charge on any atom is -0.507 e. The normalized spacial score (nSPS) is 30.3. The van der Waals surface area contributed by atoms with E-state index in [0.717, 1.165) is 0 Å². The average Bonchev–Trinajstić information content (AvgIpc) is 2.83. The molecule has 0 aliphatic heterocycles. The number of amides is 2. The van der Waals surface area contributed by atoms with Crippen LogP contribution >= 0.6 is 11.6 Å². The summed E-state index contributed by atoms with van der Waals surface area (Å²) in [6.07, 6.45) is -0.0468. The van der Waals surface area contributed by atoms with Crippen LogP contribution in [0.25, 0.3) is 0 Å². The molecule has 2 fully saturated rings. The number of likely N-dealkylation sites (N-methyl/N-ethyl adjacent to an activating group) is 2. The topological polar surface area (TPSA) is 201 Å². The van der Waals surface area contributed by atoms with Gasteiger partial charge < -0.3 is 21.7 Å². The van der Waals surface area contributed by atoms with Crippen LogP contribution in [-0.4, -0.2) is 93.3 Å². The Labute approximate surface area is 235 Å². The number of nitrogens with zero attached hydrogens (tertiary/aromatic N) is 2. The summed E-state index contributed by atoms with van der Waals surface area (Å²) in [5, 5.41) is 22.7. The molecule has 3 aliphatic rings. The Balaban J connectivity index is 1.80. The second-order valence-corrected chi connectivity index (χ2v) is 12.2. The first-order valence-corrected chi connectivity index (χ1v) is 13.2. The molecule has 6 atom stereocenters. The molecular weight excluding hydrogens is 544 g/mol. The molecule has 3 aliphatic carbocycles. The van der Waals surface area contributed by atoms with Gasteiger partial charge in [-0.2, -0.15) is 0 Å². The number of phenols is 1. The van der Waals surface area contributed by atoms with Crippen LogP contribution in [0.1, 0.15) is 41.8 Å². The molecule has 216 valence electrons. The Kier molecular flexibility index (Phi) is 7.24. The maximum absolute atomic E-state index is 13.8. The van der Waals surface area contributed by atoms with Crippen molar-refractivity contribution in [3.05, 3.63) is 27.8 Å². The number of benzene rings is 1. The smallest absolute Gasteiger partial charge is 0.237 e. The van der Waals surface area contributed by atoms with Gasteiger partial charge in [-0.25, -0.2) is 0 Å². The highest BCUT2D eigenvalue weighted by atomic mass is 35.5. The molecule has 0 heterocycles. The first-order valence-electron chi connectivity index (χ1n) is 12.8. The maximum Gasteiger partial charge on any atom is 0.237 e. The number of hydrogen-bond donors (Lipinski definition) is 4. The van der Waals surface area contributed by atoms with Crippen LogP contribution in [0, 0.1) is 23.7 Å². The number of primary amides is 2. The van der Waals surface area contributed by atoms with E-state index in [1.54, 1.807) is 25.8 Å². The highest BCUT2D eigenvalue weighted by Crippen LogP contribution is 2.51. The van der Waals surface area contributed by atoms with Gasteiger partial charge in [-0.15, -0.1) is 0 Å². The van der Waals surface area contributed by atoms with Crippen molar-refractivity contribution in [1.29, 1.82) is 0 Å². The van der Waals surface area contributed by atoms with E-state index in [-0.39, 0.29) is 35.5 Å². The largest absolute Gasteiger partial charge is 0.507 e. The molecule has 0 saturated heterocycles. The number of fused-ring (bicyclic) bond motifs is 3. The quantitative estimate of drug-likeness (QED) is 0.311. The van der Waals surface area contributed by atoms with Gasteiger partial charge in [-0.3, -0.25) is 38.6 Å². The van der Waals surface area contributed by atoms with Crippen LogP contribution in [0.2, 0.25) is 5.02 Å². The van der Waals surface area contributed by atoms with Gasteiger partial charge in [0, 0.05) is 17.5 Å². The zero-order valence-electron chi connectivity index (χ0n) is 22.9. The standard InChI is InChI=1S/C27H33ClN4O8/c1-26(2,25(30)39)32(5)9-11-8-14(33)16-12(18(11)28)6-10-7-13-19(31(3)4)21(35)17(24(29)38)23(37)27(13,40)22(36)15(10)20(16)34/h8,10,13,15,17,19,33,40H,6-7,9H2,1-5H3,(H2,29,38)(H2,30,39)/t10-,13-,15?,17?,19-,27?/m0/s1. The number of aromatic hydroxyl groups is 1. The minimum atomic E-state index is -2.79. The van der Waals surface area contributed by atoms with Gasteiger partial charge in [0.15, 0.2) is 34.7 Å². The molecule has 0 bridgehead atoms. The van der Waals surface area contributed by atoms with Crippen molar-refractivity contribution in [2.45, 2.75) is 50.4 Å². The molecule has 12 nitrogen and oxygen atoms in total. The summed E-state index contributed by atoms with van der Waals surface area (Å²) in [7, 11) is 4.68. The third-order valence-corrected chi connectivity index (χ3v) is 9.51. The Morgan fingerprint density at radius 2 is 1.73 bits per heavy atom. The maximum atomic E-state index is 13.8. The summed E-state index contributed by atoms with van der Waals surface area (Å²) in [6.45, 7) is 3.35. The predicted octanol–water partition coefficient (Wildman–Crippen LogP) is -0.784. The zero-order chi connectivity index (χ0) is 30.2. The SMILES string of the molecule is CN(C)[C@@H]1C(=O)C(C(N)=O)C(=O)C2(O)C(=O)C3C(=O)c4c(O)cc(CN(C)C(C)(C)C(N)=O)c(Cl)c4C[C@H]3C[C@@H]12. The zero-order valence-corrected chi connectivity index (χ0v) is 23.6. The minimum absolute atomic E-state index is 0.0367. The van der Waals surface area contributed by atoms with E-state index in [1.165, 1.54) is 25.1 Å². The average molecular weight is 577 g/mol. The summed E-state index contributed by atoms with van der Waals surface area (Å²) in [6, 6.07) is 0.0782. The summed E-state index contributed by atoms with van der Waals surface area (Å²) < 4.78 is 0. The lowest BCUT2D eigenvalue weighted by atomic mass is 9.52. The lowest BCUT2D eigenvalue weighted by Gasteiger charge is -2.52. The lowest BCUT2D eigenvalue weighted by molar-refractivity contribution is -0.181. The molecule has 40 heavy (non-hydrogen) atoms. The van der Waals surface area contributed by atoms with Gasteiger partial charge in [-0.05, 0) is 70.9 Å². The molecule has 1 aromatic carbocycles.